The molecule has 108 valence electrons. The molecule has 1 N–H and O–H groups in total. The zero-order valence-corrected chi connectivity index (χ0v) is 12.6. The minimum absolute atomic E-state index is 0.194. The highest BCUT2D eigenvalue weighted by atomic mass is 32.1. The Bertz CT molecular complexity index is 822. The van der Waals surface area contributed by atoms with E-state index in [9.17, 15) is 8.78 Å². The van der Waals surface area contributed by atoms with Crippen molar-refractivity contribution in [3.05, 3.63) is 46.1 Å². The second-order valence-electron chi connectivity index (χ2n) is 4.80. The van der Waals surface area contributed by atoms with Crippen LogP contribution in [0, 0.1) is 32.4 Å². The molecule has 3 aromatic rings. The highest BCUT2D eigenvalue weighted by Gasteiger charge is 2.16. The van der Waals surface area contributed by atoms with Gasteiger partial charge in [-0.05, 0) is 38.5 Å². The number of anilines is 2. The monoisotopic (exact) mass is 305 g/mol. The molecular formula is C15H13F2N3S. The van der Waals surface area contributed by atoms with Gasteiger partial charge in [-0.15, -0.1) is 11.3 Å². The molecule has 2 aromatic heterocycles. The molecule has 21 heavy (non-hydrogen) atoms. The van der Waals surface area contributed by atoms with Gasteiger partial charge in [-0.2, -0.15) is 0 Å². The van der Waals surface area contributed by atoms with Gasteiger partial charge in [0.1, 0.15) is 33.8 Å². The summed E-state index contributed by atoms with van der Waals surface area (Å²) in [7, 11) is 0. The lowest BCUT2D eigenvalue weighted by atomic mass is 10.2. The molecule has 0 radical (unpaired) electrons. The number of halogens is 2. The fourth-order valence-corrected chi connectivity index (χ4v) is 3.26. The van der Waals surface area contributed by atoms with Crippen LogP contribution in [0.25, 0.3) is 10.2 Å². The van der Waals surface area contributed by atoms with Gasteiger partial charge < -0.3 is 5.32 Å². The Labute approximate surface area is 124 Å². The van der Waals surface area contributed by atoms with Crippen LogP contribution in [-0.4, -0.2) is 9.97 Å². The molecule has 0 atom stereocenters. The van der Waals surface area contributed by atoms with Crippen LogP contribution in [-0.2, 0) is 0 Å². The van der Waals surface area contributed by atoms with Crippen molar-refractivity contribution in [2.45, 2.75) is 20.8 Å². The van der Waals surface area contributed by atoms with Gasteiger partial charge in [0, 0.05) is 4.88 Å². The lowest BCUT2D eigenvalue weighted by Crippen LogP contribution is -2.02. The van der Waals surface area contributed by atoms with Crippen LogP contribution in [0.4, 0.5) is 20.3 Å². The Kier molecular flexibility index (Phi) is 3.33. The first-order chi connectivity index (χ1) is 9.97. The van der Waals surface area contributed by atoms with Crippen LogP contribution >= 0.6 is 11.3 Å². The van der Waals surface area contributed by atoms with E-state index in [-0.39, 0.29) is 5.69 Å². The summed E-state index contributed by atoms with van der Waals surface area (Å²) in [5.74, 6) is -0.306. The third-order valence-corrected chi connectivity index (χ3v) is 4.45. The van der Waals surface area contributed by atoms with E-state index in [1.54, 1.807) is 18.3 Å². The van der Waals surface area contributed by atoms with Gasteiger partial charge in [-0.1, -0.05) is 6.07 Å². The third-order valence-electron chi connectivity index (χ3n) is 3.35. The van der Waals surface area contributed by atoms with Crippen molar-refractivity contribution in [1.29, 1.82) is 0 Å². The number of benzene rings is 1. The van der Waals surface area contributed by atoms with Gasteiger partial charge in [0.15, 0.2) is 0 Å². The first-order valence-corrected chi connectivity index (χ1v) is 7.24. The number of nitrogens with zero attached hydrogens (tertiary/aromatic N) is 2. The number of fused-ring (bicyclic) bond motifs is 1. The summed E-state index contributed by atoms with van der Waals surface area (Å²) in [6.45, 7) is 5.70. The van der Waals surface area contributed by atoms with Gasteiger partial charge in [-0.25, -0.2) is 18.7 Å². The first kappa shape index (κ1) is 13.9. The van der Waals surface area contributed by atoms with Gasteiger partial charge >= 0.3 is 0 Å². The molecule has 2 heterocycles. The molecule has 0 amide bonds. The summed E-state index contributed by atoms with van der Waals surface area (Å²) in [6, 6.07) is 3.75. The van der Waals surface area contributed by atoms with E-state index < -0.39 is 11.6 Å². The van der Waals surface area contributed by atoms with Gasteiger partial charge in [0.25, 0.3) is 0 Å². The van der Waals surface area contributed by atoms with Crippen molar-refractivity contribution in [2.24, 2.45) is 0 Å². The fraction of sp³-hybridized carbons (Fsp3) is 0.200. The van der Waals surface area contributed by atoms with Gasteiger partial charge in [0.2, 0.25) is 0 Å². The molecule has 0 aliphatic heterocycles. The second-order valence-corrected chi connectivity index (χ2v) is 6.01. The Morgan fingerprint density at radius 3 is 2.38 bits per heavy atom. The average molecular weight is 305 g/mol. The maximum absolute atomic E-state index is 13.8. The zero-order chi connectivity index (χ0) is 15.1. The van der Waals surface area contributed by atoms with Crippen molar-refractivity contribution in [3.8, 4) is 0 Å². The van der Waals surface area contributed by atoms with Crippen LogP contribution in [0.15, 0.2) is 18.2 Å². The SMILES string of the molecule is Cc1nc(Nc2c(F)cccc2F)c2c(C)c(C)sc2n1. The van der Waals surface area contributed by atoms with Crippen molar-refractivity contribution in [3.63, 3.8) is 0 Å². The molecule has 0 saturated carbocycles. The third kappa shape index (κ3) is 2.35. The highest BCUT2D eigenvalue weighted by molar-refractivity contribution is 7.18. The molecule has 0 fully saturated rings. The van der Waals surface area contributed by atoms with Crippen molar-refractivity contribution in [1.82, 2.24) is 9.97 Å². The Balaban J connectivity index is 2.21. The molecule has 3 nitrogen and oxygen atoms in total. The summed E-state index contributed by atoms with van der Waals surface area (Å²) in [5, 5.41) is 3.59. The Morgan fingerprint density at radius 1 is 1.05 bits per heavy atom. The maximum Gasteiger partial charge on any atom is 0.149 e. The summed E-state index contributed by atoms with van der Waals surface area (Å²) >= 11 is 1.55. The standard InChI is InChI=1S/C15H13F2N3S/c1-7-8(2)21-15-12(7)14(18-9(3)19-15)20-13-10(16)5-4-6-11(13)17/h4-6H,1-3H3,(H,18,19,20). The zero-order valence-electron chi connectivity index (χ0n) is 11.8. The predicted octanol–water partition coefficient (Wildman–Crippen LogP) is 4.64. The number of aromatic nitrogens is 2. The molecule has 1 aromatic carbocycles. The van der Waals surface area contributed by atoms with E-state index in [0.717, 1.165) is 20.7 Å². The molecule has 0 spiro atoms. The summed E-state index contributed by atoms with van der Waals surface area (Å²) in [4.78, 5) is 10.6. The number of nitrogens with one attached hydrogen (secondary N) is 1. The lowest BCUT2D eigenvalue weighted by Gasteiger charge is -2.10. The van der Waals surface area contributed by atoms with E-state index >= 15 is 0 Å². The minimum atomic E-state index is -0.649. The number of thiophene rings is 1. The van der Waals surface area contributed by atoms with Crippen molar-refractivity contribution >= 4 is 33.1 Å². The van der Waals surface area contributed by atoms with Crippen molar-refractivity contribution in [2.75, 3.05) is 5.32 Å². The predicted molar refractivity (Wildman–Crippen MR) is 81.3 cm³/mol. The number of aryl methyl sites for hydroxylation is 3. The van der Waals surface area contributed by atoms with Crippen molar-refractivity contribution < 1.29 is 8.78 Å². The lowest BCUT2D eigenvalue weighted by molar-refractivity contribution is 0.590. The van der Waals surface area contributed by atoms with Crippen LogP contribution in [0.3, 0.4) is 0 Å². The molecule has 0 aliphatic carbocycles. The molecule has 0 aliphatic rings. The van der Waals surface area contributed by atoms with E-state index in [2.05, 4.69) is 15.3 Å². The van der Waals surface area contributed by atoms with E-state index in [1.165, 1.54) is 18.2 Å². The molecule has 0 saturated heterocycles. The highest BCUT2D eigenvalue weighted by Crippen LogP contribution is 2.35. The van der Waals surface area contributed by atoms with Crippen LogP contribution in [0.1, 0.15) is 16.3 Å². The second kappa shape index (κ2) is 5.04. The summed E-state index contributed by atoms with van der Waals surface area (Å²) < 4.78 is 27.6. The smallest absolute Gasteiger partial charge is 0.149 e. The number of para-hydroxylation sites is 1. The first-order valence-electron chi connectivity index (χ1n) is 6.42. The van der Waals surface area contributed by atoms with Crippen LogP contribution < -0.4 is 5.32 Å². The number of rotatable bonds is 2. The normalized spacial score (nSPS) is 11.1. The molecule has 6 heteroatoms. The quantitative estimate of drug-likeness (QED) is 0.749. The van der Waals surface area contributed by atoms with E-state index in [1.807, 2.05) is 13.8 Å². The van der Waals surface area contributed by atoms with E-state index in [0.29, 0.717) is 11.6 Å². The van der Waals surface area contributed by atoms with Crippen LogP contribution in [0.5, 0.6) is 0 Å². The largest absolute Gasteiger partial charge is 0.335 e. The minimum Gasteiger partial charge on any atom is -0.335 e. The van der Waals surface area contributed by atoms with Gasteiger partial charge in [-0.3, -0.25) is 0 Å². The Hall–Kier alpha value is -2.08. The Morgan fingerprint density at radius 2 is 1.71 bits per heavy atom. The fourth-order valence-electron chi connectivity index (χ4n) is 2.18. The average Bonchev–Trinajstić information content (AvgIpc) is 2.69. The maximum atomic E-state index is 13.8. The summed E-state index contributed by atoms with van der Waals surface area (Å²) in [5.41, 5.74) is 0.828. The number of hydrogen-bond acceptors (Lipinski definition) is 4. The summed E-state index contributed by atoms with van der Waals surface area (Å²) in [6.07, 6.45) is 0. The van der Waals surface area contributed by atoms with Crippen LogP contribution in [0.2, 0.25) is 0 Å². The molecule has 0 unspecified atom stereocenters. The molecule has 0 bridgehead atoms. The topological polar surface area (TPSA) is 37.8 Å². The van der Waals surface area contributed by atoms with E-state index in [4.69, 9.17) is 0 Å². The molecular weight excluding hydrogens is 292 g/mol. The molecule has 3 rings (SSSR count). The van der Waals surface area contributed by atoms with Gasteiger partial charge in [0.05, 0.1) is 5.39 Å². The number of hydrogen-bond donors (Lipinski definition) is 1.